The van der Waals surface area contributed by atoms with Gasteiger partial charge in [0.05, 0.1) is 10.9 Å². The molecule has 10 heteroatoms. The maximum absolute atomic E-state index is 13.8. The number of carbonyl (C=O) groups excluding carboxylic acids is 5. The van der Waals surface area contributed by atoms with Gasteiger partial charge in [-0.25, -0.2) is 0 Å². The summed E-state index contributed by atoms with van der Waals surface area (Å²) in [7, 11) is 0. The molecule has 1 saturated heterocycles. The van der Waals surface area contributed by atoms with Gasteiger partial charge >= 0.3 is 0 Å². The predicted octanol–water partition coefficient (Wildman–Crippen LogP) is 3.53. The molecule has 0 bridgehead atoms. The van der Waals surface area contributed by atoms with Gasteiger partial charge in [0.1, 0.15) is 6.04 Å². The topological polar surface area (TPSA) is 133 Å². The molecule has 1 aliphatic heterocycles. The van der Waals surface area contributed by atoms with Crippen LogP contribution in [0.3, 0.4) is 0 Å². The van der Waals surface area contributed by atoms with Crippen LogP contribution in [0.4, 0.5) is 0 Å². The summed E-state index contributed by atoms with van der Waals surface area (Å²) < 4.78 is 0.944. The number of carbonyl (C=O) groups is 5. The van der Waals surface area contributed by atoms with Crippen LogP contribution >= 0.6 is 11.3 Å². The number of benzene rings is 3. The fourth-order valence-electron chi connectivity index (χ4n) is 5.25. The largest absolute Gasteiger partial charge is 0.356 e. The maximum Gasteiger partial charge on any atom is 0.289 e. The van der Waals surface area contributed by atoms with E-state index >= 15 is 0 Å². The highest BCUT2D eigenvalue weighted by molar-refractivity contribution is 7.20. The third-order valence-corrected chi connectivity index (χ3v) is 8.74. The highest BCUT2D eigenvalue weighted by atomic mass is 32.1. The highest BCUT2D eigenvalue weighted by Gasteiger charge is 2.35. The first-order valence-corrected chi connectivity index (χ1v) is 15.5. The Balaban J connectivity index is 1.35. The van der Waals surface area contributed by atoms with Gasteiger partial charge in [-0.2, -0.15) is 0 Å². The standard InChI is InChI=1S/C34H34N4O5S/c39-30(34(43)36-21-23-12-5-2-6-13-23)26(19-25-15-9-17-35-31(25)40)37-32(41)27(18-22-10-3-1-4-11-22)38-33(42)29-20-24-14-7-8-16-28(24)44-29/h1-8,10-14,16,20,25-27H,9,15,17-19,21H2,(H,35,40)(H,36,43)(H,37,41)(H,38,42)/t25-,26-,27-/m0/s1. The van der Waals surface area contributed by atoms with E-state index in [1.54, 1.807) is 6.07 Å². The number of hydrogen-bond donors (Lipinski definition) is 4. The molecular formula is C34H34N4O5S. The molecule has 0 unspecified atom stereocenters. The Hall–Kier alpha value is -4.83. The molecule has 1 fully saturated rings. The normalized spacial score (nSPS) is 15.9. The summed E-state index contributed by atoms with van der Waals surface area (Å²) in [6.45, 7) is 0.679. The number of piperidine rings is 1. The monoisotopic (exact) mass is 610 g/mol. The van der Waals surface area contributed by atoms with E-state index in [4.69, 9.17) is 0 Å². The van der Waals surface area contributed by atoms with Crippen molar-refractivity contribution in [3.63, 3.8) is 0 Å². The van der Waals surface area contributed by atoms with Crippen LogP contribution in [0.25, 0.3) is 10.1 Å². The second-order valence-electron chi connectivity index (χ2n) is 10.8. The lowest BCUT2D eigenvalue weighted by atomic mass is 9.89. The van der Waals surface area contributed by atoms with E-state index < -0.39 is 41.5 Å². The van der Waals surface area contributed by atoms with E-state index in [9.17, 15) is 24.0 Å². The summed E-state index contributed by atoms with van der Waals surface area (Å²) in [5.74, 6) is -3.50. The fraction of sp³-hybridized carbons (Fsp3) is 0.265. The third kappa shape index (κ3) is 7.96. The molecule has 0 saturated carbocycles. The molecule has 2 heterocycles. The Bertz CT molecular complexity index is 1610. The number of thiophene rings is 1. The second-order valence-corrected chi connectivity index (χ2v) is 11.9. The molecule has 3 atom stereocenters. The van der Waals surface area contributed by atoms with Crippen molar-refractivity contribution in [3.8, 4) is 0 Å². The van der Waals surface area contributed by atoms with Gasteiger partial charge < -0.3 is 21.3 Å². The molecule has 4 N–H and O–H groups in total. The van der Waals surface area contributed by atoms with Crippen LogP contribution in [-0.4, -0.2) is 48.0 Å². The van der Waals surface area contributed by atoms with Crippen molar-refractivity contribution in [2.45, 2.75) is 44.3 Å². The van der Waals surface area contributed by atoms with Crippen molar-refractivity contribution in [3.05, 3.63) is 107 Å². The van der Waals surface area contributed by atoms with Gasteiger partial charge in [-0.1, -0.05) is 78.9 Å². The van der Waals surface area contributed by atoms with Crippen LogP contribution in [0.15, 0.2) is 91.0 Å². The van der Waals surface area contributed by atoms with Crippen LogP contribution in [0.5, 0.6) is 0 Å². The van der Waals surface area contributed by atoms with Crippen molar-refractivity contribution in [1.29, 1.82) is 0 Å². The Morgan fingerprint density at radius 1 is 0.841 bits per heavy atom. The molecule has 1 aliphatic rings. The van der Waals surface area contributed by atoms with Gasteiger partial charge in [-0.05, 0) is 47.9 Å². The Morgan fingerprint density at radius 2 is 1.52 bits per heavy atom. The first-order valence-electron chi connectivity index (χ1n) is 14.6. The quantitative estimate of drug-likeness (QED) is 0.182. The molecule has 4 aromatic rings. The summed E-state index contributed by atoms with van der Waals surface area (Å²) in [5.41, 5.74) is 1.62. The number of hydrogen-bond acceptors (Lipinski definition) is 6. The average Bonchev–Trinajstić information content (AvgIpc) is 3.49. The van der Waals surface area contributed by atoms with E-state index in [1.807, 2.05) is 84.9 Å². The summed E-state index contributed by atoms with van der Waals surface area (Å²) in [4.78, 5) is 66.7. The van der Waals surface area contributed by atoms with Crippen molar-refractivity contribution < 1.29 is 24.0 Å². The van der Waals surface area contributed by atoms with Crippen molar-refractivity contribution in [2.24, 2.45) is 5.92 Å². The van der Waals surface area contributed by atoms with Crippen molar-refractivity contribution in [1.82, 2.24) is 21.3 Å². The van der Waals surface area contributed by atoms with E-state index in [-0.39, 0.29) is 25.3 Å². The number of fused-ring (bicyclic) bond motifs is 1. The molecule has 4 amide bonds. The molecule has 3 aromatic carbocycles. The van der Waals surface area contributed by atoms with Crippen molar-refractivity contribution in [2.75, 3.05) is 6.54 Å². The van der Waals surface area contributed by atoms with Gasteiger partial charge in [-0.3, -0.25) is 24.0 Å². The molecule has 0 radical (unpaired) electrons. The molecular weight excluding hydrogens is 576 g/mol. The molecule has 0 spiro atoms. The van der Waals surface area contributed by atoms with Gasteiger partial charge in [0.2, 0.25) is 17.6 Å². The summed E-state index contributed by atoms with van der Waals surface area (Å²) in [6, 6.07) is 25.5. The fourth-order valence-corrected chi connectivity index (χ4v) is 6.22. The SMILES string of the molecule is O=C(NCc1ccccc1)C(=O)[C@H](C[C@@H]1CCCNC1=O)NC(=O)[C@H](Cc1ccccc1)NC(=O)c1cc2ccccc2s1. The zero-order chi connectivity index (χ0) is 30.9. The molecule has 1 aromatic heterocycles. The van der Waals surface area contributed by atoms with E-state index in [0.717, 1.165) is 27.6 Å². The van der Waals surface area contributed by atoms with Gasteiger partial charge in [0.15, 0.2) is 0 Å². The molecule has 0 aliphatic carbocycles. The number of amides is 4. The Kier molecular flexibility index (Phi) is 10.1. The summed E-state index contributed by atoms with van der Waals surface area (Å²) in [6.07, 6.45) is 1.40. The first-order chi connectivity index (χ1) is 21.4. The highest BCUT2D eigenvalue weighted by Crippen LogP contribution is 2.25. The predicted molar refractivity (Wildman–Crippen MR) is 169 cm³/mol. The zero-order valence-electron chi connectivity index (χ0n) is 24.1. The number of rotatable bonds is 12. The smallest absolute Gasteiger partial charge is 0.289 e. The number of ketones is 1. The van der Waals surface area contributed by atoms with Crippen molar-refractivity contribution >= 4 is 50.8 Å². The minimum absolute atomic E-state index is 0.0303. The van der Waals surface area contributed by atoms with Crippen LogP contribution in [0, 0.1) is 5.92 Å². The third-order valence-electron chi connectivity index (χ3n) is 7.63. The zero-order valence-corrected chi connectivity index (χ0v) is 24.9. The Labute approximate surface area is 259 Å². The second kappa shape index (κ2) is 14.6. The minimum Gasteiger partial charge on any atom is -0.356 e. The molecule has 5 rings (SSSR count). The van der Waals surface area contributed by atoms with E-state index in [0.29, 0.717) is 17.8 Å². The van der Waals surface area contributed by atoms with E-state index in [1.165, 1.54) is 11.3 Å². The number of nitrogens with one attached hydrogen (secondary N) is 4. The van der Waals surface area contributed by atoms with Gasteiger partial charge in [0, 0.05) is 30.1 Å². The maximum atomic E-state index is 13.8. The lowest BCUT2D eigenvalue weighted by Crippen LogP contribution is -2.55. The minimum atomic E-state index is -1.26. The summed E-state index contributed by atoms with van der Waals surface area (Å²) in [5, 5.41) is 11.9. The van der Waals surface area contributed by atoms with Crippen LogP contribution in [0.2, 0.25) is 0 Å². The van der Waals surface area contributed by atoms with Gasteiger partial charge in [0.25, 0.3) is 11.8 Å². The molecule has 9 nitrogen and oxygen atoms in total. The van der Waals surface area contributed by atoms with Crippen LogP contribution in [0.1, 0.15) is 40.1 Å². The number of Topliss-reactive ketones (excluding diaryl/α,β-unsaturated/α-hetero) is 1. The molecule has 226 valence electrons. The van der Waals surface area contributed by atoms with Crippen LogP contribution in [-0.2, 0) is 32.1 Å². The summed E-state index contributed by atoms with van der Waals surface area (Å²) >= 11 is 1.32. The molecule has 44 heavy (non-hydrogen) atoms. The van der Waals surface area contributed by atoms with Gasteiger partial charge in [-0.15, -0.1) is 11.3 Å². The Morgan fingerprint density at radius 3 is 2.23 bits per heavy atom. The average molecular weight is 611 g/mol. The van der Waals surface area contributed by atoms with Crippen LogP contribution < -0.4 is 21.3 Å². The first kappa shape index (κ1) is 30.6. The van der Waals surface area contributed by atoms with E-state index in [2.05, 4.69) is 21.3 Å². The lowest BCUT2D eigenvalue weighted by Gasteiger charge is -2.27. The lowest BCUT2D eigenvalue weighted by molar-refractivity contribution is -0.141.